The highest BCUT2D eigenvalue weighted by Crippen LogP contribution is 2.29. The minimum Gasteiger partial charge on any atom is -0.492 e. The maximum absolute atomic E-state index is 11.6. The third kappa shape index (κ3) is 3.15. The standard InChI is InChI=1S/C14H17NO5/c1-8(16)15-7-12(18)14(19)9-2-3-10-11(17)4-5-20-13(10)6-9/h2-3,6,12,14,18-19H,4-5,7H2,1H3,(H,15,16). The Bertz CT molecular complexity index is 528. The lowest BCUT2D eigenvalue weighted by Gasteiger charge is -2.21. The highest BCUT2D eigenvalue weighted by molar-refractivity contribution is 5.99. The molecular weight excluding hydrogens is 262 g/mol. The molecule has 2 rings (SSSR count). The Morgan fingerprint density at radius 1 is 1.45 bits per heavy atom. The summed E-state index contributed by atoms with van der Waals surface area (Å²) in [5.41, 5.74) is 0.930. The van der Waals surface area contributed by atoms with Gasteiger partial charge in [-0.3, -0.25) is 9.59 Å². The van der Waals surface area contributed by atoms with Crippen molar-refractivity contribution in [3.05, 3.63) is 29.3 Å². The highest BCUT2D eigenvalue weighted by Gasteiger charge is 2.23. The van der Waals surface area contributed by atoms with Gasteiger partial charge in [0.2, 0.25) is 5.91 Å². The fourth-order valence-electron chi connectivity index (χ4n) is 2.04. The van der Waals surface area contributed by atoms with E-state index in [1.165, 1.54) is 6.92 Å². The molecule has 1 aliphatic heterocycles. The summed E-state index contributed by atoms with van der Waals surface area (Å²) in [6.07, 6.45) is -1.94. The number of ether oxygens (including phenoxy) is 1. The quantitative estimate of drug-likeness (QED) is 0.731. The van der Waals surface area contributed by atoms with Crippen LogP contribution in [0.4, 0.5) is 0 Å². The predicted octanol–water partition coefficient (Wildman–Crippen LogP) is 0.182. The van der Waals surface area contributed by atoms with Gasteiger partial charge in [-0.15, -0.1) is 0 Å². The Kier molecular flexibility index (Phi) is 4.36. The maximum Gasteiger partial charge on any atom is 0.216 e. The lowest BCUT2D eigenvalue weighted by Crippen LogP contribution is -2.34. The zero-order valence-corrected chi connectivity index (χ0v) is 11.1. The summed E-state index contributed by atoms with van der Waals surface area (Å²) in [6, 6.07) is 4.71. The molecule has 20 heavy (non-hydrogen) atoms. The summed E-state index contributed by atoms with van der Waals surface area (Å²) < 4.78 is 5.38. The Labute approximate surface area is 116 Å². The number of hydrogen-bond acceptors (Lipinski definition) is 5. The molecule has 0 spiro atoms. The van der Waals surface area contributed by atoms with E-state index in [4.69, 9.17) is 4.74 Å². The molecule has 1 amide bonds. The number of ketones is 1. The molecule has 2 atom stereocenters. The molecule has 0 radical (unpaired) electrons. The van der Waals surface area contributed by atoms with Crippen LogP contribution in [0.5, 0.6) is 5.75 Å². The molecule has 2 unspecified atom stereocenters. The monoisotopic (exact) mass is 279 g/mol. The summed E-state index contributed by atoms with van der Waals surface area (Å²) in [5.74, 6) is 0.145. The lowest BCUT2D eigenvalue weighted by molar-refractivity contribution is -0.119. The van der Waals surface area contributed by atoms with Crippen LogP contribution in [0.3, 0.4) is 0 Å². The van der Waals surface area contributed by atoms with Crippen molar-refractivity contribution in [2.45, 2.75) is 25.6 Å². The SMILES string of the molecule is CC(=O)NCC(O)C(O)c1ccc2c(c1)OCCC2=O. The Hall–Kier alpha value is -1.92. The third-order valence-electron chi connectivity index (χ3n) is 3.16. The zero-order chi connectivity index (χ0) is 14.7. The molecule has 6 nitrogen and oxygen atoms in total. The van der Waals surface area contributed by atoms with Crippen LogP contribution >= 0.6 is 0 Å². The number of aliphatic hydroxyl groups is 2. The Balaban J connectivity index is 2.12. The van der Waals surface area contributed by atoms with Gasteiger partial charge in [-0.1, -0.05) is 6.07 Å². The molecule has 6 heteroatoms. The van der Waals surface area contributed by atoms with Crippen LogP contribution < -0.4 is 10.1 Å². The Morgan fingerprint density at radius 3 is 2.90 bits per heavy atom. The molecular formula is C14H17NO5. The van der Waals surface area contributed by atoms with Crippen molar-refractivity contribution >= 4 is 11.7 Å². The summed E-state index contributed by atoms with van der Waals surface area (Å²) >= 11 is 0. The smallest absolute Gasteiger partial charge is 0.216 e. The predicted molar refractivity (Wildman–Crippen MR) is 70.5 cm³/mol. The molecule has 0 saturated heterocycles. The zero-order valence-electron chi connectivity index (χ0n) is 11.1. The van der Waals surface area contributed by atoms with Crippen LogP contribution in [-0.2, 0) is 4.79 Å². The van der Waals surface area contributed by atoms with Gasteiger partial charge in [0.15, 0.2) is 5.78 Å². The number of Topliss-reactive ketones (excluding diaryl/α,β-unsaturated/α-hetero) is 1. The summed E-state index contributed by atoms with van der Waals surface area (Å²) in [7, 11) is 0. The number of fused-ring (bicyclic) bond motifs is 1. The van der Waals surface area contributed by atoms with Gasteiger partial charge in [0.25, 0.3) is 0 Å². The van der Waals surface area contributed by atoms with Crippen molar-refractivity contribution in [2.24, 2.45) is 0 Å². The topological polar surface area (TPSA) is 95.9 Å². The third-order valence-corrected chi connectivity index (χ3v) is 3.16. The van der Waals surface area contributed by atoms with E-state index in [9.17, 15) is 19.8 Å². The molecule has 1 aromatic rings. The van der Waals surface area contributed by atoms with Crippen LogP contribution in [0.2, 0.25) is 0 Å². The van der Waals surface area contributed by atoms with Gasteiger partial charge < -0.3 is 20.3 Å². The number of benzene rings is 1. The van der Waals surface area contributed by atoms with E-state index in [1.807, 2.05) is 0 Å². The first kappa shape index (κ1) is 14.5. The van der Waals surface area contributed by atoms with E-state index in [0.717, 1.165) is 0 Å². The fraction of sp³-hybridized carbons (Fsp3) is 0.429. The molecule has 0 aliphatic carbocycles. The van der Waals surface area contributed by atoms with Crippen LogP contribution in [-0.4, -0.2) is 41.2 Å². The minimum atomic E-state index is -1.16. The van der Waals surface area contributed by atoms with E-state index in [2.05, 4.69) is 5.32 Å². The second-order valence-corrected chi connectivity index (χ2v) is 4.73. The van der Waals surface area contributed by atoms with E-state index < -0.39 is 12.2 Å². The molecule has 108 valence electrons. The number of carbonyl (C=O) groups excluding carboxylic acids is 2. The highest BCUT2D eigenvalue weighted by atomic mass is 16.5. The van der Waals surface area contributed by atoms with Crippen molar-refractivity contribution in [3.63, 3.8) is 0 Å². The van der Waals surface area contributed by atoms with Gasteiger partial charge in [0.1, 0.15) is 18.0 Å². The number of nitrogens with one attached hydrogen (secondary N) is 1. The van der Waals surface area contributed by atoms with Gasteiger partial charge in [0.05, 0.1) is 12.2 Å². The van der Waals surface area contributed by atoms with Crippen molar-refractivity contribution in [1.82, 2.24) is 5.32 Å². The summed E-state index contributed by atoms with van der Waals surface area (Å²) in [4.78, 5) is 22.4. The van der Waals surface area contributed by atoms with Crippen LogP contribution in [0, 0.1) is 0 Å². The average molecular weight is 279 g/mol. The molecule has 0 fully saturated rings. The maximum atomic E-state index is 11.6. The first-order valence-corrected chi connectivity index (χ1v) is 6.39. The van der Waals surface area contributed by atoms with Crippen LogP contribution in [0.1, 0.15) is 35.4 Å². The van der Waals surface area contributed by atoms with Crippen LogP contribution in [0.15, 0.2) is 18.2 Å². The Morgan fingerprint density at radius 2 is 2.20 bits per heavy atom. The second-order valence-electron chi connectivity index (χ2n) is 4.73. The van der Waals surface area contributed by atoms with Gasteiger partial charge in [0, 0.05) is 19.9 Å². The number of aliphatic hydroxyl groups excluding tert-OH is 2. The molecule has 0 aromatic heterocycles. The molecule has 1 aromatic carbocycles. The molecule has 1 heterocycles. The first-order chi connectivity index (χ1) is 9.49. The van der Waals surface area contributed by atoms with Gasteiger partial charge in [-0.2, -0.15) is 0 Å². The molecule has 1 aliphatic rings. The number of carbonyl (C=O) groups is 2. The molecule has 0 bridgehead atoms. The van der Waals surface area contributed by atoms with Crippen molar-refractivity contribution in [2.75, 3.05) is 13.2 Å². The molecule has 0 saturated carbocycles. The van der Waals surface area contributed by atoms with E-state index in [-0.39, 0.29) is 18.2 Å². The largest absolute Gasteiger partial charge is 0.492 e. The van der Waals surface area contributed by atoms with E-state index >= 15 is 0 Å². The minimum absolute atomic E-state index is 0.00563. The average Bonchev–Trinajstić information content (AvgIpc) is 2.43. The number of amides is 1. The first-order valence-electron chi connectivity index (χ1n) is 6.39. The van der Waals surface area contributed by atoms with Crippen molar-refractivity contribution in [3.8, 4) is 5.75 Å². The van der Waals surface area contributed by atoms with E-state index in [0.29, 0.717) is 29.9 Å². The summed E-state index contributed by atoms with van der Waals surface area (Å²) in [6.45, 7) is 1.60. The van der Waals surface area contributed by atoms with E-state index in [1.54, 1.807) is 18.2 Å². The lowest BCUT2D eigenvalue weighted by atomic mass is 9.98. The number of rotatable bonds is 4. The number of hydrogen-bond donors (Lipinski definition) is 3. The fourth-order valence-corrected chi connectivity index (χ4v) is 2.04. The van der Waals surface area contributed by atoms with Gasteiger partial charge in [-0.25, -0.2) is 0 Å². The van der Waals surface area contributed by atoms with Gasteiger partial charge in [-0.05, 0) is 17.7 Å². The second kappa shape index (κ2) is 6.02. The molecule has 3 N–H and O–H groups in total. The van der Waals surface area contributed by atoms with Crippen LogP contribution in [0.25, 0.3) is 0 Å². The normalized spacial score (nSPS) is 16.9. The van der Waals surface area contributed by atoms with Crippen molar-refractivity contribution in [1.29, 1.82) is 0 Å². The van der Waals surface area contributed by atoms with Gasteiger partial charge >= 0.3 is 0 Å². The van der Waals surface area contributed by atoms with Crippen molar-refractivity contribution < 1.29 is 24.5 Å². The summed E-state index contributed by atoms with van der Waals surface area (Å²) in [5, 5.41) is 22.3.